The van der Waals surface area contributed by atoms with Crippen molar-refractivity contribution in [2.45, 2.75) is 32.4 Å². The number of aromatic nitrogens is 3. The minimum absolute atomic E-state index is 0. The van der Waals surface area contributed by atoms with E-state index >= 15 is 0 Å². The lowest BCUT2D eigenvalue weighted by Gasteiger charge is -2.22. The fourth-order valence-corrected chi connectivity index (χ4v) is 1.67. The fraction of sp³-hybridized carbons (Fsp3) is 0.429. The normalized spacial score (nSPS) is 12.8. The first-order chi connectivity index (χ1) is 8.96. The molecule has 0 radical (unpaired) electrons. The van der Waals surface area contributed by atoms with Crippen LogP contribution < -0.4 is 5.32 Å². The molecular formula is C14H22N4OS. The largest absolute Gasteiger partial charge is 0.385 e. The Morgan fingerprint density at radius 1 is 1.35 bits per heavy atom. The second-order valence-corrected chi connectivity index (χ2v) is 5.54. The number of aliphatic hydroxyl groups is 1. The highest BCUT2D eigenvalue weighted by Gasteiger charge is 2.14. The van der Waals surface area contributed by atoms with Gasteiger partial charge in [0.25, 0.3) is 0 Å². The van der Waals surface area contributed by atoms with E-state index in [1.807, 2.05) is 29.0 Å². The number of nitrogens with one attached hydrogen (secondary N) is 1. The topological polar surface area (TPSA) is 63.0 Å². The first kappa shape index (κ1) is 16.7. The Morgan fingerprint density at radius 3 is 2.70 bits per heavy atom. The van der Waals surface area contributed by atoms with E-state index in [1.54, 1.807) is 12.5 Å². The van der Waals surface area contributed by atoms with Crippen LogP contribution in [0.15, 0.2) is 36.9 Å². The van der Waals surface area contributed by atoms with Crippen molar-refractivity contribution >= 4 is 13.5 Å². The Bertz CT molecular complexity index is 522. The van der Waals surface area contributed by atoms with Crippen molar-refractivity contribution in [1.29, 1.82) is 0 Å². The molecule has 2 heterocycles. The number of rotatable bonds is 4. The maximum atomic E-state index is 10.2. The third kappa shape index (κ3) is 4.63. The number of imidazole rings is 1. The van der Waals surface area contributed by atoms with Crippen molar-refractivity contribution in [2.24, 2.45) is 0 Å². The highest BCUT2D eigenvalue weighted by atomic mass is 32.1. The summed E-state index contributed by atoms with van der Waals surface area (Å²) >= 11 is 0. The lowest BCUT2D eigenvalue weighted by atomic mass is 10.1. The minimum Gasteiger partial charge on any atom is -0.385 e. The van der Waals surface area contributed by atoms with Gasteiger partial charge in [-0.05, 0) is 32.9 Å². The van der Waals surface area contributed by atoms with Gasteiger partial charge in [-0.3, -0.25) is 4.57 Å². The number of hydrogen-bond acceptors (Lipinski definition) is 4. The number of hydrogen-bond donors (Lipinski definition) is 2. The molecule has 0 aliphatic rings. The summed E-state index contributed by atoms with van der Waals surface area (Å²) in [5, 5.41) is 13.4. The fourth-order valence-electron chi connectivity index (χ4n) is 1.67. The van der Waals surface area contributed by atoms with Crippen molar-refractivity contribution in [3.63, 3.8) is 0 Å². The van der Waals surface area contributed by atoms with Crippen LogP contribution in [0.5, 0.6) is 0 Å². The molecule has 6 heteroatoms. The summed E-state index contributed by atoms with van der Waals surface area (Å²) in [7, 11) is 0. The van der Waals surface area contributed by atoms with Crippen LogP contribution in [0.3, 0.4) is 0 Å². The standard InChI is InChI=1S/C14H20N4O.H2S/c1-14(2,3)16-9-12(19)11-5-4-6-13(17-11)18-8-7-15-10-18;/h4-8,10,12,16,19H,9H2,1-3H3;1H2/t12-;/m0./s1. The van der Waals surface area contributed by atoms with Crippen LogP contribution in [0.25, 0.3) is 5.82 Å². The molecule has 1 atom stereocenters. The maximum Gasteiger partial charge on any atom is 0.138 e. The van der Waals surface area contributed by atoms with Gasteiger partial charge < -0.3 is 10.4 Å². The van der Waals surface area contributed by atoms with E-state index in [4.69, 9.17) is 0 Å². The quantitative estimate of drug-likeness (QED) is 0.902. The molecule has 0 unspecified atom stereocenters. The second kappa shape index (κ2) is 6.88. The zero-order valence-electron chi connectivity index (χ0n) is 12.0. The average molecular weight is 294 g/mol. The van der Waals surface area contributed by atoms with Gasteiger partial charge in [0.15, 0.2) is 0 Å². The van der Waals surface area contributed by atoms with E-state index in [2.05, 4.69) is 36.1 Å². The zero-order chi connectivity index (χ0) is 13.9. The van der Waals surface area contributed by atoms with Gasteiger partial charge in [0.05, 0.1) is 5.69 Å². The van der Waals surface area contributed by atoms with Crippen LogP contribution in [0.4, 0.5) is 0 Å². The van der Waals surface area contributed by atoms with E-state index in [1.165, 1.54) is 0 Å². The third-order valence-electron chi connectivity index (χ3n) is 2.69. The Labute approximate surface area is 126 Å². The van der Waals surface area contributed by atoms with E-state index < -0.39 is 6.10 Å². The van der Waals surface area contributed by atoms with E-state index in [0.717, 1.165) is 5.82 Å². The summed E-state index contributed by atoms with van der Waals surface area (Å²) in [5.74, 6) is 0.754. The lowest BCUT2D eigenvalue weighted by molar-refractivity contribution is 0.159. The van der Waals surface area contributed by atoms with Gasteiger partial charge >= 0.3 is 0 Å². The molecule has 110 valence electrons. The van der Waals surface area contributed by atoms with Gasteiger partial charge in [0, 0.05) is 24.5 Å². The Balaban J connectivity index is 0.00000200. The molecule has 0 aliphatic carbocycles. The van der Waals surface area contributed by atoms with Crippen molar-refractivity contribution in [2.75, 3.05) is 6.54 Å². The smallest absolute Gasteiger partial charge is 0.138 e. The summed E-state index contributed by atoms with van der Waals surface area (Å²) < 4.78 is 1.81. The van der Waals surface area contributed by atoms with Gasteiger partial charge in [0.2, 0.25) is 0 Å². The molecule has 2 aromatic rings. The molecule has 0 saturated heterocycles. The molecule has 0 bridgehead atoms. The molecule has 2 N–H and O–H groups in total. The molecule has 0 spiro atoms. The molecule has 0 saturated carbocycles. The highest BCUT2D eigenvalue weighted by Crippen LogP contribution is 2.13. The van der Waals surface area contributed by atoms with Crippen molar-refractivity contribution in [3.8, 4) is 5.82 Å². The summed E-state index contributed by atoms with van der Waals surface area (Å²) in [5.41, 5.74) is 0.631. The maximum absolute atomic E-state index is 10.2. The molecule has 2 rings (SSSR count). The van der Waals surface area contributed by atoms with E-state index in [9.17, 15) is 5.11 Å². The Morgan fingerprint density at radius 2 is 2.10 bits per heavy atom. The molecular weight excluding hydrogens is 272 g/mol. The predicted molar refractivity (Wildman–Crippen MR) is 84.5 cm³/mol. The molecule has 2 aromatic heterocycles. The van der Waals surface area contributed by atoms with Gasteiger partial charge in [-0.1, -0.05) is 6.07 Å². The van der Waals surface area contributed by atoms with Crippen LogP contribution in [-0.4, -0.2) is 31.7 Å². The molecule has 0 fully saturated rings. The summed E-state index contributed by atoms with van der Waals surface area (Å²) in [6.45, 7) is 6.67. The summed E-state index contributed by atoms with van der Waals surface area (Å²) in [6, 6.07) is 5.60. The third-order valence-corrected chi connectivity index (χ3v) is 2.69. The predicted octanol–water partition coefficient (Wildman–Crippen LogP) is 1.80. The molecule has 0 aliphatic heterocycles. The van der Waals surface area contributed by atoms with Crippen molar-refractivity contribution in [1.82, 2.24) is 19.9 Å². The highest BCUT2D eigenvalue weighted by molar-refractivity contribution is 7.59. The van der Waals surface area contributed by atoms with Crippen LogP contribution >= 0.6 is 13.5 Å². The number of nitrogens with zero attached hydrogens (tertiary/aromatic N) is 3. The SMILES string of the molecule is CC(C)(C)NC[C@H](O)c1cccc(-n2ccnc2)n1.S. The second-order valence-electron chi connectivity index (χ2n) is 5.54. The van der Waals surface area contributed by atoms with Crippen LogP contribution in [-0.2, 0) is 0 Å². The number of β-amino-alcohol motifs (C(OH)–C–C–N with tert-alkyl or cyclic N) is 1. The monoisotopic (exact) mass is 294 g/mol. The average Bonchev–Trinajstić information content (AvgIpc) is 2.89. The first-order valence-electron chi connectivity index (χ1n) is 6.34. The molecule has 0 amide bonds. The zero-order valence-corrected chi connectivity index (χ0v) is 13.0. The lowest BCUT2D eigenvalue weighted by Crippen LogP contribution is -2.38. The van der Waals surface area contributed by atoms with E-state index in [0.29, 0.717) is 12.2 Å². The Hall–Kier alpha value is -1.37. The molecule has 5 nitrogen and oxygen atoms in total. The molecule has 20 heavy (non-hydrogen) atoms. The van der Waals surface area contributed by atoms with Gasteiger partial charge in [0.1, 0.15) is 18.2 Å². The minimum atomic E-state index is -0.623. The van der Waals surface area contributed by atoms with Crippen LogP contribution in [0.2, 0.25) is 0 Å². The van der Waals surface area contributed by atoms with Crippen molar-refractivity contribution in [3.05, 3.63) is 42.6 Å². The van der Waals surface area contributed by atoms with Crippen molar-refractivity contribution < 1.29 is 5.11 Å². The van der Waals surface area contributed by atoms with Crippen LogP contribution in [0.1, 0.15) is 32.6 Å². The van der Waals surface area contributed by atoms with Crippen LogP contribution in [0, 0.1) is 0 Å². The first-order valence-corrected chi connectivity index (χ1v) is 6.34. The number of aliphatic hydroxyl groups excluding tert-OH is 1. The molecule has 0 aromatic carbocycles. The van der Waals surface area contributed by atoms with Gasteiger partial charge in [-0.25, -0.2) is 9.97 Å². The number of pyridine rings is 1. The Kier molecular flexibility index (Phi) is 5.74. The van der Waals surface area contributed by atoms with Gasteiger partial charge in [-0.2, -0.15) is 13.5 Å². The van der Waals surface area contributed by atoms with E-state index in [-0.39, 0.29) is 19.0 Å². The summed E-state index contributed by atoms with van der Waals surface area (Å²) in [6.07, 6.45) is 4.59. The summed E-state index contributed by atoms with van der Waals surface area (Å²) in [4.78, 5) is 8.44. The van der Waals surface area contributed by atoms with Gasteiger partial charge in [-0.15, -0.1) is 0 Å².